The van der Waals surface area contributed by atoms with E-state index < -0.39 is 69.5 Å². The second-order valence-electron chi connectivity index (χ2n) is 8.75. The van der Waals surface area contributed by atoms with Crippen LogP contribution in [-0.4, -0.2) is 76.6 Å². The SMILES string of the molecule is CC(OC(=O)COC1CC2OC1C(C(C)(C)O)C2C(C)(C)O)C(F)(F)S(=O)(=O)O. The lowest BCUT2D eigenvalue weighted by molar-refractivity contribution is -0.169. The molecule has 0 aromatic rings. The van der Waals surface area contributed by atoms with Gasteiger partial charge in [-0.3, -0.25) is 4.55 Å². The van der Waals surface area contributed by atoms with Gasteiger partial charge in [-0.05, 0) is 34.6 Å². The molecule has 2 bridgehead atoms. The highest BCUT2D eigenvalue weighted by Gasteiger charge is 2.62. The highest BCUT2D eigenvalue weighted by atomic mass is 32.2. The number of carbonyl (C=O) groups is 1. The Morgan fingerprint density at radius 2 is 1.69 bits per heavy atom. The third-order valence-electron chi connectivity index (χ3n) is 5.48. The first-order chi connectivity index (χ1) is 12.9. The second-order valence-corrected chi connectivity index (χ2v) is 10.2. The van der Waals surface area contributed by atoms with E-state index in [-0.39, 0.29) is 5.92 Å². The molecule has 6 atom stereocenters. The Morgan fingerprint density at radius 3 is 2.14 bits per heavy atom. The molecule has 0 spiro atoms. The van der Waals surface area contributed by atoms with Crippen molar-refractivity contribution in [3.63, 3.8) is 0 Å². The molecule has 0 saturated carbocycles. The predicted octanol–water partition coefficient (Wildman–Crippen LogP) is 0.729. The molecule has 0 aliphatic carbocycles. The van der Waals surface area contributed by atoms with E-state index in [2.05, 4.69) is 4.74 Å². The number of carbonyl (C=O) groups excluding carboxylic acids is 1. The third-order valence-corrected chi connectivity index (χ3v) is 6.50. The average molecular weight is 446 g/mol. The van der Waals surface area contributed by atoms with Crippen molar-refractivity contribution in [1.29, 1.82) is 0 Å². The Hall–Kier alpha value is -0.920. The minimum Gasteiger partial charge on any atom is -0.453 e. The van der Waals surface area contributed by atoms with Crippen molar-refractivity contribution < 1.29 is 51.0 Å². The van der Waals surface area contributed by atoms with Crippen LogP contribution in [0, 0.1) is 11.8 Å². The number of hydrogen-bond acceptors (Lipinski definition) is 8. The fraction of sp³-hybridized carbons (Fsp3) is 0.941. The maximum atomic E-state index is 13.5. The summed E-state index contributed by atoms with van der Waals surface area (Å²) < 4.78 is 72.5. The molecule has 2 fully saturated rings. The molecule has 2 aliphatic rings. The molecule has 2 saturated heterocycles. The molecular weight excluding hydrogens is 418 g/mol. The van der Waals surface area contributed by atoms with Gasteiger partial charge in [0.1, 0.15) is 6.61 Å². The van der Waals surface area contributed by atoms with Crippen molar-refractivity contribution >= 4 is 16.1 Å². The first-order valence-corrected chi connectivity index (χ1v) is 10.6. The van der Waals surface area contributed by atoms with Crippen molar-refractivity contribution in [2.75, 3.05) is 6.61 Å². The van der Waals surface area contributed by atoms with Gasteiger partial charge in [-0.2, -0.15) is 17.2 Å². The largest absolute Gasteiger partial charge is 0.453 e. The van der Waals surface area contributed by atoms with E-state index in [1.807, 2.05) is 0 Å². The van der Waals surface area contributed by atoms with Gasteiger partial charge in [0.05, 0.1) is 29.5 Å². The summed E-state index contributed by atoms with van der Waals surface area (Å²) in [5.41, 5.74) is -2.36. The van der Waals surface area contributed by atoms with E-state index in [0.29, 0.717) is 13.3 Å². The monoisotopic (exact) mass is 446 g/mol. The van der Waals surface area contributed by atoms with Crippen LogP contribution < -0.4 is 0 Å². The predicted molar refractivity (Wildman–Crippen MR) is 94.6 cm³/mol. The fourth-order valence-corrected chi connectivity index (χ4v) is 4.74. The van der Waals surface area contributed by atoms with Gasteiger partial charge in [0.2, 0.25) is 0 Å². The van der Waals surface area contributed by atoms with Crippen LogP contribution >= 0.6 is 0 Å². The Morgan fingerprint density at radius 1 is 1.17 bits per heavy atom. The standard InChI is InChI=1S/C17H28F2O9S/c1-8(17(18,19)29(23,24)25)27-11(20)7-26-10-6-9-12(15(2,3)21)13(14(10)28-9)16(4,5)22/h8-10,12-14,21-22H,6-7H2,1-5H3,(H,23,24,25). The van der Waals surface area contributed by atoms with E-state index in [4.69, 9.17) is 14.0 Å². The number of esters is 1. The van der Waals surface area contributed by atoms with Crippen molar-refractivity contribution in [2.45, 2.75) is 81.9 Å². The molecule has 9 nitrogen and oxygen atoms in total. The van der Waals surface area contributed by atoms with E-state index >= 15 is 0 Å². The number of ether oxygens (including phenoxy) is 3. The van der Waals surface area contributed by atoms with Crippen molar-refractivity contribution in [3.05, 3.63) is 0 Å². The van der Waals surface area contributed by atoms with E-state index in [0.717, 1.165) is 0 Å². The lowest BCUT2D eigenvalue weighted by Crippen LogP contribution is -2.54. The van der Waals surface area contributed by atoms with Crippen LogP contribution in [0.15, 0.2) is 0 Å². The van der Waals surface area contributed by atoms with Gasteiger partial charge in [-0.25, -0.2) is 4.79 Å². The normalized spacial score (nSPS) is 31.7. The fourth-order valence-electron chi connectivity index (χ4n) is 4.27. The molecule has 2 heterocycles. The number of fused-ring (bicyclic) bond motifs is 2. The zero-order valence-electron chi connectivity index (χ0n) is 16.8. The minimum absolute atomic E-state index is 0.315. The Labute approximate surface area is 168 Å². The number of rotatable bonds is 8. The summed E-state index contributed by atoms with van der Waals surface area (Å²) in [7, 11) is -5.75. The minimum atomic E-state index is -5.75. The molecule has 29 heavy (non-hydrogen) atoms. The van der Waals surface area contributed by atoms with E-state index in [1.54, 1.807) is 27.7 Å². The van der Waals surface area contributed by atoms with Gasteiger partial charge in [0.15, 0.2) is 6.10 Å². The first kappa shape index (κ1) is 24.4. The Kier molecular flexibility index (Phi) is 6.42. The highest BCUT2D eigenvalue weighted by molar-refractivity contribution is 7.86. The lowest BCUT2D eigenvalue weighted by atomic mass is 9.65. The Balaban J connectivity index is 2.00. The van der Waals surface area contributed by atoms with Crippen LogP contribution in [0.3, 0.4) is 0 Å². The summed E-state index contributed by atoms with van der Waals surface area (Å²) in [6, 6.07) is 0. The molecule has 3 N–H and O–H groups in total. The number of aliphatic hydroxyl groups is 2. The molecule has 0 aromatic heterocycles. The van der Waals surface area contributed by atoms with Gasteiger partial charge in [-0.1, -0.05) is 0 Å². The summed E-state index contributed by atoms with van der Waals surface area (Å²) in [4.78, 5) is 11.8. The second kappa shape index (κ2) is 7.65. The summed E-state index contributed by atoms with van der Waals surface area (Å²) in [6.45, 7) is 6.25. The third kappa shape index (κ3) is 4.88. The number of halogens is 2. The molecule has 170 valence electrons. The summed E-state index contributed by atoms with van der Waals surface area (Å²) in [6.07, 6.45) is -3.83. The van der Waals surface area contributed by atoms with E-state index in [9.17, 15) is 32.2 Å². The molecule has 2 aliphatic heterocycles. The van der Waals surface area contributed by atoms with Gasteiger partial charge in [-0.15, -0.1) is 0 Å². The number of alkyl halides is 2. The molecule has 2 rings (SSSR count). The van der Waals surface area contributed by atoms with Crippen molar-refractivity contribution in [1.82, 2.24) is 0 Å². The van der Waals surface area contributed by atoms with Crippen LogP contribution in [-0.2, 0) is 29.1 Å². The summed E-state index contributed by atoms with van der Waals surface area (Å²) in [5, 5.41) is 16.4. The molecule has 0 radical (unpaired) electrons. The van der Waals surface area contributed by atoms with Crippen molar-refractivity contribution in [2.24, 2.45) is 11.8 Å². The van der Waals surface area contributed by atoms with Gasteiger partial charge in [0.25, 0.3) is 0 Å². The highest BCUT2D eigenvalue weighted by Crippen LogP contribution is 2.52. The van der Waals surface area contributed by atoms with Crippen molar-refractivity contribution in [3.8, 4) is 0 Å². The molecule has 0 amide bonds. The van der Waals surface area contributed by atoms with Gasteiger partial charge in [0, 0.05) is 18.3 Å². The molecule has 0 aromatic carbocycles. The molecule has 6 unspecified atom stereocenters. The van der Waals surface area contributed by atoms with Crippen LogP contribution in [0.2, 0.25) is 0 Å². The molecule has 12 heteroatoms. The van der Waals surface area contributed by atoms with E-state index in [1.165, 1.54) is 0 Å². The zero-order chi connectivity index (χ0) is 22.6. The van der Waals surface area contributed by atoms with Crippen LogP contribution in [0.1, 0.15) is 41.0 Å². The quantitative estimate of drug-likeness (QED) is 0.364. The maximum Gasteiger partial charge on any atom is 0.405 e. The van der Waals surface area contributed by atoms with Crippen LogP contribution in [0.25, 0.3) is 0 Å². The van der Waals surface area contributed by atoms with Crippen LogP contribution in [0.5, 0.6) is 0 Å². The Bertz CT molecular complexity index is 726. The van der Waals surface area contributed by atoms with Gasteiger partial charge >= 0.3 is 21.3 Å². The molecular formula is C17H28F2O9S. The zero-order valence-corrected chi connectivity index (χ0v) is 17.7. The maximum absolute atomic E-state index is 13.5. The first-order valence-electron chi connectivity index (χ1n) is 9.13. The van der Waals surface area contributed by atoms with Crippen LogP contribution in [0.4, 0.5) is 8.78 Å². The average Bonchev–Trinajstić information content (AvgIpc) is 3.08. The van der Waals surface area contributed by atoms with Gasteiger partial charge < -0.3 is 24.4 Å². The topological polar surface area (TPSA) is 140 Å². The summed E-state index contributed by atoms with van der Waals surface area (Å²) >= 11 is 0. The smallest absolute Gasteiger partial charge is 0.405 e. The summed E-state index contributed by atoms with van der Waals surface area (Å²) in [5.74, 6) is -2.14. The number of hydrogen-bond donors (Lipinski definition) is 3. The lowest BCUT2D eigenvalue weighted by Gasteiger charge is -2.44.